The van der Waals surface area contributed by atoms with Gasteiger partial charge in [-0.2, -0.15) is 8.42 Å². The standard InChI is InChI=1S/C10H18O6S/c1-5-17(12,13)16-10(2,3)7-6-15-9(11)8(7)14-4/h7-8H,5-6H2,1-4H3. The lowest BCUT2D eigenvalue weighted by molar-refractivity contribution is -0.147. The average molecular weight is 266 g/mol. The van der Waals surface area contributed by atoms with Crippen molar-refractivity contribution < 1.29 is 26.9 Å². The molecule has 17 heavy (non-hydrogen) atoms. The summed E-state index contributed by atoms with van der Waals surface area (Å²) in [6.07, 6.45) is -0.781. The van der Waals surface area contributed by atoms with Crippen LogP contribution in [0.3, 0.4) is 0 Å². The van der Waals surface area contributed by atoms with Crippen molar-refractivity contribution in [2.24, 2.45) is 5.92 Å². The summed E-state index contributed by atoms with van der Waals surface area (Å²) in [7, 11) is -2.20. The highest BCUT2D eigenvalue weighted by Crippen LogP contribution is 2.32. The van der Waals surface area contributed by atoms with Crippen LogP contribution in [0.2, 0.25) is 0 Å². The van der Waals surface area contributed by atoms with Gasteiger partial charge in [-0.3, -0.25) is 4.18 Å². The molecule has 1 saturated heterocycles. The normalized spacial score (nSPS) is 26.0. The van der Waals surface area contributed by atoms with Crippen molar-refractivity contribution in [3.63, 3.8) is 0 Å². The number of methoxy groups -OCH3 is 1. The van der Waals surface area contributed by atoms with Gasteiger partial charge in [-0.1, -0.05) is 0 Å². The summed E-state index contributed by atoms with van der Waals surface area (Å²) in [5.74, 6) is -1.04. The Labute approximate surface area is 101 Å². The predicted octanol–water partition coefficient (Wildman–Crippen LogP) is 0.319. The molecule has 0 aliphatic carbocycles. The number of hydrogen-bond donors (Lipinski definition) is 0. The van der Waals surface area contributed by atoms with Crippen LogP contribution in [0.25, 0.3) is 0 Å². The fourth-order valence-corrected chi connectivity index (χ4v) is 2.68. The zero-order valence-electron chi connectivity index (χ0n) is 10.4. The van der Waals surface area contributed by atoms with E-state index in [1.54, 1.807) is 13.8 Å². The summed E-state index contributed by atoms with van der Waals surface area (Å²) >= 11 is 0. The van der Waals surface area contributed by atoms with Crippen LogP contribution in [0.4, 0.5) is 0 Å². The summed E-state index contributed by atoms with van der Waals surface area (Å²) < 4.78 is 37.9. The largest absolute Gasteiger partial charge is 0.463 e. The maximum Gasteiger partial charge on any atom is 0.335 e. The molecule has 7 heteroatoms. The Kier molecular flexibility index (Phi) is 4.16. The van der Waals surface area contributed by atoms with E-state index in [1.807, 2.05) is 0 Å². The summed E-state index contributed by atoms with van der Waals surface area (Å²) in [6, 6.07) is 0. The van der Waals surface area contributed by atoms with E-state index in [0.29, 0.717) is 0 Å². The van der Waals surface area contributed by atoms with Crippen molar-refractivity contribution in [1.82, 2.24) is 0 Å². The van der Waals surface area contributed by atoms with Gasteiger partial charge in [0, 0.05) is 7.11 Å². The number of carbonyl (C=O) groups is 1. The van der Waals surface area contributed by atoms with Crippen LogP contribution in [-0.4, -0.2) is 45.6 Å². The molecule has 1 rings (SSSR count). The third-order valence-electron chi connectivity index (χ3n) is 2.85. The number of carbonyl (C=O) groups excluding carboxylic acids is 1. The first-order chi connectivity index (χ1) is 7.73. The van der Waals surface area contributed by atoms with Crippen molar-refractivity contribution in [3.8, 4) is 0 Å². The maximum atomic E-state index is 11.5. The molecule has 0 aromatic heterocycles. The van der Waals surface area contributed by atoms with Crippen molar-refractivity contribution >= 4 is 16.1 Å². The monoisotopic (exact) mass is 266 g/mol. The Morgan fingerprint density at radius 3 is 2.53 bits per heavy atom. The second-order valence-electron chi connectivity index (χ2n) is 4.43. The predicted molar refractivity (Wildman–Crippen MR) is 59.9 cm³/mol. The first-order valence-corrected chi connectivity index (χ1v) is 6.94. The van der Waals surface area contributed by atoms with E-state index in [0.717, 1.165) is 0 Å². The molecule has 2 unspecified atom stereocenters. The number of hydrogen-bond acceptors (Lipinski definition) is 6. The lowest BCUT2D eigenvalue weighted by Crippen LogP contribution is -2.44. The van der Waals surface area contributed by atoms with Crippen LogP contribution >= 0.6 is 0 Å². The molecule has 0 bridgehead atoms. The molecule has 2 atom stereocenters. The highest BCUT2D eigenvalue weighted by atomic mass is 32.2. The quantitative estimate of drug-likeness (QED) is 0.526. The molecule has 0 radical (unpaired) electrons. The summed E-state index contributed by atoms with van der Waals surface area (Å²) in [5, 5.41) is 0. The van der Waals surface area contributed by atoms with E-state index >= 15 is 0 Å². The molecule has 6 nitrogen and oxygen atoms in total. The minimum atomic E-state index is -3.59. The minimum absolute atomic E-state index is 0.101. The van der Waals surface area contributed by atoms with Crippen LogP contribution < -0.4 is 0 Å². The smallest absolute Gasteiger partial charge is 0.335 e. The molecule has 1 aliphatic heterocycles. The summed E-state index contributed by atoms with van der Waals surface area (Å²) in [6.45, 7) is 4.82. The molecule has 0 saturated carbocycles. The number of ether oxygens (including phenoxy) is 2. The highest BCUT2D eigenvalue weighted by molar-refractivity contribution is 7.86. The van der Waals surface area contributed by atoms with Gasteiger partial charge in [-0.05, 0) is 20.8 Å². The Balaban J connectivity index is 2.87. The minimum Gasteiger partial charge on any atom is -0.463 e. The van der Waals surface area contributed by atoms with E-state index in [1.165, 1.54) is 14.0 Å². The van der Waals surface area contributed by atoms with Crippen LogP contribution in [0.15, 0.2) is 0 Å². The molecule has 1 fully saturated rings. The molecule has 0 spiro atoms. The van der Waals surface area contributed by atoms with Crippen LogP contribution in [0.5, 0.6) is 0 Å². The Hall–Kier alpha value is -0.660. The second-order valence-corrected chi connectivity index (χ2v) is 6.29. The molecule has 0 N–H and O–H groups in total. The van der Waals surface area contributed by atoms with Crippen LogP contribution in [-0.2, 0) is 28.6 Å². The average Bonchev–Trinajstić information content (AvgIpc) is 2.58. The fourth-order valence-electron chi connectivity index (χ4n) is 1.78. The lowest BCUT2D eigenvalue weighted by Gasteiger charge is -2.31. The molecular formula is C10H18O6S. The second kappa shape index (κ2) is 4.91. The topological polar surface area (TPSA) is 78.9 Å². The third kappa shape index (κ3) is 3.17. The van der Waals surface area contributed by atoms with Gasteiger partial charge in [0.2, 0.25) is 0 Å². The van der Waals surface area contributed by atoms with E-state index in [-0.39, 0.29) is 12.4 Å². The molecule has 0 aromatic rings. The number of esters is 1. The van der Waals surface area contributed by atoms with E-state index in [2.05, 4.69) is 0 Å². The van der Waals surface area contributed by atoms with Crippen molar-refractivity contribution in [2.75, 3.05) is 19.5 Å². The van der Waals surface area contributed by atoms with Gasteiger partial charge in [-0.15, -0.1) is 0 Å². The number of rotatable bonds is 5. The molecule has 1 heterocycles. The van der Waals surface area contributed by atoms with Crippen molar-refractivity contribution in [1.29, 1.82) is 0 Å². The lowest BCUT2D eigenvalue weighted by atomic mass is 9.88. The molecule has 1 aliphatic rings. The van der Waals surface area contributed by atoms with Gasteiger partial charge >= 0.3 is 5.97 Å². The van der Waals surface area contributed by atoms with Gasteiger partial charge in [0.05, 0.1) is 17.3 Å². The van der Waals surface area contributed by atoms with Crippen LogP contribution in [0.1, 0.15) is 20.8 Å². The van der Waals surface area contributed by atoms with Gasteiger partial charge < -0.3 is 9.47 Å². The van der Waals surface area contributed by atoms with Gasteiger partial charge in [0.1, 0.15) is 6.61 Å². The van der Waals surface area contributed by atoms with Crippen molar-refractivity contribution in [3.05, 3.63) is 0 Å². The maximum absolute atomic E-state index is 11.5. The first kappa shape index (κ1) is 14.4. The summed E-state index contributed by atoms with van der Waals surface area (Å²) in [5.41, 5.74) is -1.04. The van der Waals surface area contributed by atoms with E-state index < -0.39 is 33.7 Å². The highest BCUT2D eigenvalue weighted by Gasteiger charge is 2.48. The molecule has 100 valence electrons. The zero-order valence-corrected chi connectivity index (χ0v) is 11.2. The van der Waals surface area contributed by atoms with E-state index in [9.17, 15) is 13.2 Å². The fraction of sp³-hybridized carbons (Fsp3) is 0.900. The SMILES string of the molecule is CCS(=O)(=O)OC(C)(C)C1COC(=O)C1OC. The van der Waals surface area contributed by atoms with Gasteiger partial charge in [-0.25, -0.2) is 4.79 Å². The number of cyclic esters (lactones) is 1. The van der Waals surface area contributed by atoms with Gasteiger partial charge in [0.25, 0.3) is 10.1 Å². The van der Waals surface area contributed by atoms with Gasteiger partial charge in [0.15, 0.2) is 6.10 Å². The molecule has 0 aromatic carbocycles. The molecule has 0 amide bonds. The Bertz CT molecular complexity index is 386. The summed E-state index contributed by atoms with van der Waals surface area (Å²) in [4.78, 5) is 11.3. The van der Waals surface area contributed by atoms with E-state index in [4.69, 9.17) is 13.7 Å². The third-order valence-corrected chi connectivity index (χ3v) is 4.24. The van der Waals surface area contributed by atoms with Crippen LogP contribution in [0, 0.1) is 5.92 Å². The zero-order chi connectivity index (χ0) is 13.3. The Morgan fingerprint density at radius 1 is 1.47 bits per heavy atom. The first-order valence-electron chi connectivity index (χ1n) is 5.36. The van der Waals surface area contributed by atoms with Crippen molar-refractivity contribution in [2.45, 2.75) is 32.5 Å². The Morgan fingerprint density at radius 2 is 2.06 bits per heavy atom. The molecular weight excluding hydrogens is 248 g/mol.